The number of rotatable bonds is 5. The molecule has 1 aliphatic heterocycles. The summed E-state index contributed by atoms with van der Waals surface area (Å²) < 4.78 is 27.2. The lowest BCUT2D eigenvalue weighted by molar-refractivity contribution is -0.134. The van der Waals surface area contributed by atoms with E-state index >= 15 is 0 Å². The van der Waals surface area contributed by atoms with E-state index in [1.165, 1.54) is 11.8 Å². The van der Waals surface area contributed by atoms with E-state index in [4.69, 9.17) is 0 Å². The first kappa shape index (κ1) is 20.7. The van der Waals surface area contributed by atoms with Crippen molar-refractivity contribution in [2.45, 2.75) is 49.5 Å². The lowest BCUT2D eigenvalue weighted by Crippen LogP contribution is -2.48. The molecule has 2 heterocycles. The van der Waals surface area contributed by atoms with Crippen molar-refractivity contribution in [3.63, 3.8) is 0 Å². The van der Waals surface area contributed by atoms with Crippen LogP contribution in [0, 0.1) is 11.6 Å². The number of thioether (sulfide) groups is 1. The lowest BCUT2D eigenvalue weighted by atomic mass is 9.98. The number of carbonyl (C=O) groups excluding carboxylic acids is 2. The van der Waals surface area contributed by atoms with Gasteiger partial charge >= 0.3 is 0 Å². The first-order valence-corrected chi connectivity index (χ1v) is 10.7. The van der Waals surface area contributed by atoms with E-state index in [1.807, 2.05) is 4.90 Å². The third-order valence-corrected chi connectivity index (χ3v) is 6.56. The largest absolute Gasteiger partial charge is 0.337 e. The SMILES string of the molecule is C[C@@H]1CCC[C@@H](C)N1C(=O)CSc1nnc(NC(=O)c2ccc(F)cc2F)s1. The Balaban J connectivity index is 1.56. The Hall–Kier alpha value is -2.07. The second kappa shape index (κ2) is 8.95. The van der Waals surface area contributed by atoms with Gasteiger partial charge in [-0.1, -0.05) is 23.1 Å². The zero-order valence-electron chi connectivity index (χ0n) is 15.4. The fraction of sp³-hybridized carbons (Fsp3) is 0.444. The maximum atomic E-state index is 13.7. The number of anilines is 1. The highest BCUT2D eigenvalue weighted by atomic mass is 32.2. The number of hydrogen-bond donors (Lipinski definition) is 1. The molecule has 6 nitrogen and oxygen atoms in total. The predicted molar refractivity (Wildman–Crippen MR) is 105 cm³/mol. The van der Waals surface area contributed by atoms with Gasteiger partial charge in [-0.15, -0.1) is 10.2 Å². The predicted octanol–water partition coefficient (Wildman–Crippen LogP) is 3.95. The number of amides is 2. The second-order valence-corrected chi connectivity index (χ2v) is 8.87. The highest BCUT2D eigenvalue weighted by Gasteiger charge is 2.28. The van der Waals surface area contributed by atoms with Gasteiger partial charge in [0.05, 0.1) is 11.3 Å². The van der Waals surface area contributed by atoms with Crippen LogP contribution in [0.25, 0.3) is 0 Å². The quantitative estimate of drug-likeness (QED) is 0.579. The first-order valence-electron chi connectivity index (χ1n) is 8.89. The standard InChI is InChI=1S/C18H20F2N4O2S2/c1-10-4-3-5-11(2)24(10)15(25)9-27-18-23-22-17(28-18)21-16(26)13-7-6-12(19)8-14(13)20/h6-8,10-11H,3-5,9H2,1-2H3,(H,21,22,26)/t10-,11-/m1/s1. The van der Waals surface area contributed by atoms with Crippen molar-refractivity contribution >= 4 is 40.0 Å². The van der Waals surface area contributed by atoms with Crippen molar-refractivity contribution in [3.05, 3.63) is 35.4 Å². The molecule has 0 radical (unpaired) electrons. The maximum Gasteiger partial charge on any atom is 0.260 e. The number of carbonyl (C=O) groups is 2. The van der Waals surface area contributed by atoms with E-state index in [0.717, 1.165) is 42.7 Å². The number of halogens is 2. The Kier molecular flexibility index (Phi) is 6.61. The Morgan fingerprint density at radius 1 is 1.25 bits per heavy atom. The van der Waals surface area contributed by atoms with E-state index < -0.39 is 17.5 Å². The minimum Gasteiger partial charge on any atom is -0.337 e. The molecule has 0 unspecified atom stereocenters. The third-order valence-electron chi connectivity index (χ3n) is 4.60. The van der Waals surface area contributed by atoms with Crippen LogP contribution in [-0.2, 0) is 4.79 Å². The molecule has 28 heavy (non-hydrogen) atoms. The normalized spacial score (nSPS) is 19.5. The molecule has 2 atom stereocenters. The van der Waals surface area contributed by atoms with Crippen LogP contribution in [0.15, 0.2) is 22.5 Å². The van der Waals surface area contributed by atoms with Gasteiger partial charge < -0.3 is 4.90 Å². The Labute approximate surface area is 169 Å². The van der Waals surface area contributed by atoms with E-state index in [2.05, 4.69) is 29.4 Å². The number of aromatic nitrogens is 2. The molecule has 0 bridgehead atoms. The molecule has 0 spiro atoms. The van der Waals surface area contributed by atoms with Crippen molar-refractivity contribution in [3.8, 4) is 0 Å². The highest BCUT2D eigenvalue weighted by molar-refractivity contribution is 8.01. The minimum atomic E-state index is -0.952. The molecule has 10 heteroatoms. The molecule has 150 valence electrons. The van der Waals surface area contributed by atoms with E-state index in [1.54, 1.807) is 0 Å². The summed E-state index contributed by atoms with van der Waals surface area (Å²) in [5, 5.41) is 10.4. The van der Waals surface area contributed by atoms with Crippen LogP contribution >= 0.6 is 23.1 Å². The zero-order valence-corrected chi connectivity index (χ0v) is 17.1. The lowest BCUT2D eigenvalue weighted by Gasteiger charge is -2.39. The van der Waals surface area contributed by atoms with Gasteiger partial charge in [-0.3, -0.25) is 14.9 Å². The van der Waals surface area contributed by atoms with Crippen LogP contribution in [0.1, 0.15) is 43.5 Å². The molecule has 1 N–H and O–H groups in total. The highest BCUT2D eigenvalue weighted by Crippen LogP contribution is 2.28. The molecule has 2 aromatic rings. The zero-order chi connectivity index (χ0) is 20.3. The van der Waals surface area contributed by atoms with Crippen molar-refractivity contribution in [1.29, 1.82) is 0 Å². The topological polar surface area (TPSA) is 75.2 Å². The molecule has 1 saturated heterocycles. The van der Waals surface area contributed by atoms with Crippen molar-refractivity contribution in [2.75, 3.05) is 11.1 Å². The van der Waals surface area contributed by atoms with E-state index in [0.29, 0.717) is 10.4 Å². The van der Waals surface area contributed by atoms with E-state index in [9.17, 15) is 18.4 Å². The summed E-state index contributed by atoms with van der Waals surface area (Å²) in [7, 11) is 0. The van der Waals surface area contributed by atoms with E-state index in [-0.39, 0.29) is 34.4 Å². The van der Waals surface area contributed by atoms with Crippen LogP contribution < -0.4 is 5.32 Å². The Morgan fingerprint density at radius 3 is 2.64 bits per heavy atom. The Bertz CT molecular complexity index is 867. The molecular weight excluding hydrogens is 406 g/mol. The molecule has 0 aliphatic carbocycles. The number of likely N-dealkylation sites (tertiary alicyclic amines) is 1. The summed E-state index contributed by atoms with van der Waals surface area (Å²) in [6.07, 6.45) is 3.15. The fourth-order valence-corrected chi connectivity index (χ4v) is 4.88. The smallest absolute Gasteiger partial charge is 0.260 e. The van der Waals surface area contributed by atoms with Gasteiger partial charge in [-0.25, -0.2) is 8.78 Å². The fourth-order valence-electron chi connectivity index (χ4n) is 3.27. The molecular formula is C18H20F2N4O2S2. The summed E-state index contributed by atoms with van der Waals surface area (Å²) in [5.74, 6) is -2.15. The average molecular weight is 427 g/mol. The van der Waals surface area contributed by atoms with Crippen LogP contribution in [0.4, 0.5) is 13.9 Å². The maximum absolute atomic E-state index is 13.7. The van der Waals surface area contributed by atoms with Gasteiger partial charge in [0.1, 0.15) is 11.6 Å². The molecule has 1 aromatic carbocycles. The summed E-state index contributed by atoms with van der Waals surface area (Å²) in [6, 6.07) is 3.17. The third kappa shape index (κ3) is 4.85. The van der Waals surface area contributed by atoms with Crippen molar-refractivity contribution in [1.82, 2.24) is 15.1 Å². The number of piperidine rings is 1. The van der Waals surface area contributed by atoms with Crippen LogP contribution in [-0.4, -0.2) is 44.7 Å². The second-order valence-electron chi connectivity index (χ2n) is 6.67. The van der Waals surface area contributed by atoms with Gasteiger partial charge in [0.15, 0.2) is 4.34 Å². The number of benzene rings is 1. The van der Waals surface area contributed by atoms with Gasteiger partial charge in [0, 0.05) is 18.2 Å². The van der Waals surface area contributed by atoms with Crippen molar-refractivity contribution < 1.29 is 18.4 Å². The molecule has 0 saturated carbocycles. The van der Waals surface area contributed by atoms with Crippen LogP contribution in [0.2, 0.25) is 0 Å². The molecule has 1 fully saturated rings. The molecule has 1 aliphatic rings. The summed E-state index contributed by atoms with van der Waals surface area (Å²) in [4.78, 5) is 26.6. The Morgan fingerprint density at radius 2 is 1.96 bits per heavy atom. The average Bonchev–Trinajstić information content (AvgIpc) is 3.07. The molecule has 3 rings (SSSR count). The van der Waals surface area contributed by atoms with Crippen LogP contribution in [0.3, 0.4) is 0 Å². The molecule has 2 amide bonds. The summed E-state index contributed by atoms with van der Waals surface area (Å²) in [5.41, 5.74) is -0.283. The van der Waals surface area contributed by atoms with Gasteiger partial charge in [-0.05, 0) is 45.2 Å². The summed E-state index contributed by atoms with van der Waals surface area (Å²) in [6.45, 7) is 4.12. The minimum absolute atomic E-state index is 0.0545. The monoisotopic (exact) mass is 426 g/mol. The van der Waals surface area contributed by atoms with Gasteiger partial charge in [-0.2, -0.15) is 0 Å². The number of nitrogens with one attached hydrogen (secondary N) is 1. The first-order chi connectivity index (χ1) is 13.3. The number of hydrogen-bond acceptors (Lipinski definition) is 6. The molecule has 1 aromatic heterocycles. The van der Waals surface area contributed by atoms with Crippen molar-refractivity contribution in [2.24, 2.45) is 0 Å². The summed E-state index contributed by atoms with van der Waals surface area (Å²) >= 11 is 2.35. The van der Waals surface area contributed by atoms with Gasteiger partial charge in [0.25, 0.3) is 5.91 Å². The van der Waals surface area contributed by atoms with Gasteiger partial charge in [0.2, 0.25) is 11.0 Å². The number of nitrogens with zero attached hydrogens (tertiary/aromatic N) is 3. The van der Waals surface area contributed by atoms with Crippen LogP contribution in [0.5, 0.6) is 0 Å².